The molecule has 1 amide bonds. The zero-order valence-electron chi connectivity index (χ0n) is 18.1. The van der Waals surface area contributed by atoms with Crippen molar-refractivity contribution in [2.75, 3.05) is 5.32 Å². The van der Waals surface area contributed by atoms with Crippen molar-refractivity contribution in [2.45, 2.75) is 33.9 Å². The first-order valence-corrected chi connectivity index (χ1v) is 10.1. The lowest BCUT2D eigenvalue weighted by Gasteiger charge is -2.08. The number of rotatable bonds is 7. The monoisotopic (exact) mass is 434 g/mol. The Morgan fingerprint density at radius 3 is 2.53 bits per heavy atom. The first-order valence-electron chi connectivity index (χ1n) is 10.1. The van der Waals surface area contributed by atoms with Gasteiger partial charge in [0.2, 0.25) is 0 Å². The largest absolute Gasteiger partial charge is 0.489 e. The van der Waals surface area contributed by atoms with Crippen molar-refractivity contribution in [1.29, 1.82) is 0 Å². The summed E-state index contributed by atoms with van der Waals surface area (Å²) in [4.78, 5) is 13.0. The quantitative estimate of drug-likeness (QED) is 0.451. The third kappa shape index (κ3) is 4.54. The maximum absolute atomic E-state index is 13.2. The van der Waals surface area contributed by atoms with Gasteiger partial charge in [0.25, 0.3) is 5.91 Å². The molecule has 0 fully saturated rings. The van der Waals surface area contributed by atoms with Gasteiger partial charge in [0.15, 0.2) is 5.69 Å². The highest BCUT2D eigenvalue weighted by Crippen LogP contribution is 2.23. The van der Waals surface area contributed by atoms with Crippen LogP contribution in [0.1, 0.15) is 38.8 Å². The number of carbonyl (C=O) groups excluding carboxylic acids is 1. The van der Waals surface area contributed by atoms with E-state index in [0.29, 0.717) is 35.0 Å². The number of anilines is 1. The van der Waals surface area contributed by atoms with Gasteiger partial charge in [-0.25, -0.2) is 4.39 Å². The average molecular weight is 434 g/mol. The van der Waals surface area contributed by atoms with Gasteiger partial charge < -0.3 is 14.6 Å². The van der Waals surface area contributed by atoms with E-state index in [1.165, 1.54) is 12.1 Å². The normalized spacial score (nSPS) is 10.9. The van der Waals surface area contributed by atoms with Crippen molar-refractivity contribution in [3.63, 3.8) is 0 Å². The van der Waals surface area contributed by atoms with Crippen molar-refractivity contribution in [1.82, 2.24) is 14.9 Å². The van der Waals surface area contributed by atoms with E-state index in [0.717, 1.165) is 11.3 Å². The van der Waals surface area contributed by atoms with E-state index in [2.05, 4.69) is 15.6 Å². The Kier molecular flexibility index (Phi) is 6.02. The lowest BCUT2D eigenvalue weighted by molar-refractivity contribution is 0.101. The number of benzene rings is 2. The summed E-state index contributed by atoms with van der Waals surface area (Å²) in [5.41, 5.74) is 3.71. The highest BCUT2D eigenvalue weighted by atomic mass is 19.1. The summed E-state index contributed by atoms with van der Waals surface area (Å²) >= 11 is 0. The second kappa shape index (κ2) is 9.05. The van der Waals surface area contributed by atoms with Crippen LogP contribution < -0.4 is 10.1 Å². The van der Waals surface area contributed by atoms with E-state index in [-0.39, 0.29) is 18.1 Å². The summed E-state index contributed by atoms with van der Waals surface area (Å²) in [6.45, 7) is 6.04. The molecule has 0 saturated heterocycles. The van der Waals surface area contributed by atoms with E-state index in [9.17, 15) is 9.18 Å². The Morgan fingerprint density at radius 2 is 1.81 bits per heavy atom. The first kappa shape index (κ1) is 21.3. The van der Waals surface area contributed by atoms with Crippen LogP contribution in [0.2, 0.25) is 0 Å². The third-order valence-corrected chi connectivity index (χ3v) is 5.19. The molecule has 0 saturated carbocycles. The van der Waals surface area contributed by atoms with Crippen LogP contribution in [0.15, 0.2) is 59.1 Å². The van der Waals surface area contributed by atoms with Crippen LogP contribution in [0.5, 0.6) is 5.75 Å². The van der Waals surface area contributed by atoms with E-state index in [1.54, 1.807) is 23.7 Å². The van der Waals surface area contributed by atoms with E-state index >= 15 is 0 Å². The fraction of sp³-hybridized carbons (Fsp3) is 0.208. The lowest BCUT2D eigenvalue weighted by Crippen LogP contribution is -2.16. The van der Waals surface area contributed by atoms with Crippen molar-refractivity contribution in [3.05, 3.63) is 94.4 Å². The molecular formula is C24H23FN4O3. The Hall–Kier alpha value is -3.94. The van der Waals surface area contributed by atoms with Crippen LogP contribution in [-0.2, 0) is 13.2 Å². The van der Waals surface area contributed by atoms with Gasteiger partial charge >= 0.3 is 0 Å². The smallest absolute Gasteiger partial charge is 0.278 e. The van der Waals surface area contributed by atoms with Crippen LogP contribution in [0.25, 0.3) is 0 Å². The number of ether oxygens (including phenoxy) is 1. The molecule has 1 N–H and O–H groups in total. The van der Waals surface area contributed by atoms with Crippen molar-refractivity contribution in [2.24, 2.45) is 0 Å². The molecule has 164 valence electrons. The van der Waals surface area contributed by atoms with Crippen LogP contribution in [0, 0.1) is 26.6 Å². The number of amides is 1. The SMILES string of the molecule is Cc1nn(Cc2ccc(F)cc2)c(C)c1NC(=O)c1noc(C)c1COc1ccccc1. The molecule has 4 aromatic rings. The number of aromatic nitrogens is 3. The minimum absolute atomic E-state index is 0.157. The van der Waals surface area contributed by atoms with E-state index < -0.39 is 5.91 Å². The maximum atomic E-state index is 13.2. The summed E-state index contributed by atoms with van der Waals surface area (Å²) in [5, 5.41) is 11.4. The van der Waals surface area contributed by atoms with Crippen LogP contribution >= 0.6 is 0 Å². The van der Waals surface area contributed by atoms with Crippen molar-refractivity contribution >= 4 is 11.6 Å². The van der Waals surface area contributed by atoms with Gasteiger partial charge in [-0.05, 0) is 50.6 Å². The minimum Gasteiger partial charge on any atom is -0.489 e. The van der Waals surface area contributed by atoms with Gasteiger partial charge in [0.05, 0.1) is 29.2 Å². The topological polar surface area (TPSA) is 82.2 Å². The molecule has 0 radical (unpaired) electrons. The van der Waals surface area contributed by atoms with Gasteiger partial charge in [-0.2, -0.15) is 5.10 Å². The first-order chi connectivity index (χ1) is 15.4. The van der Waals surface area contributed by atoms with Gasteiger partial charge in [0, 0.05) is 0 Å². The Labute approximate surface area is 184 Å². The molecule has 8 heteroatoms. The predicted molar refractivity (Wildman–Crippen MR) is 117 cm³/mol. The molecule has 0 spiro atoms. The highest BCUT2D eigenvalue weighted by Gasteiger charge is 2.23. The number of hydrogen-bond donors (Lipinski definition) is 1. The number of para-hydroxylation sites is 1. The number of nitrogens with one attached hydrogen (secondary N) is 1. The Balaban J connectivity index is 1.51. The van der Waals surface area contributed by atoms with Gasteiger partial charge in [-0.1, -0.05) is 35.5 Å². The van der Waals surface area contributed by atoms with Gasteiger partial charge in [-0.3, -0.25) is 9.48 Å². The number of halogens is 1. The molecule has 4 rings (SSSR count). The molecule has 7 nitrogen and oxygen atoms in total. The summed E-state index contributed by atoms with van der Waals surface area (Å²) in [6.07, 6.45) is 0. The van der Waals surface area contributed by atoms with Crippen LogP contribution in [0.3, 0.4) is 0 Å². The molecule has 32 heavy (non-hydrogen) atoms. The number of nitrogens with zero attached hydrogens (tertiary/aromatic N) is 3. The minimum atomic E-state index is -0.402. The molecule has 2 aromatic carbocycles. The average Bonchev–Trinajstić information content (AvgIpc) is 3.28. The fourth-order valence-corrected chi connectivity index (χ4v) is 3.38. The molecule has 2 aromatic heterocycles. The van der Waals surface area contributed by atoms with Gasteiger partial charge in [0.1, 0.15) is 23.9 Å². The third-order valence-electron chi connectivity index (χ3n) is 5.19. The molecule has 0 bridgehead atoms. The second-order valence-corrected chi connectivity index (χ2v) is 7.45. The number of carbonyl (C=O) groups is 1. The summed E-state index contributed by atoms with van der Waals surface area (Å²) < 4.78 is 26.0. The molecule has 2 heterocycles. The summed E-state index contributed by atoms with van der Waals surface area (Å²) in [5.74, 6) is 0.519. The molecule has 0 aliphatic heterocycles. The van der Waals surface area contributed by atoms with E-state index in [1.807, 2.05) is 44.2 Å². The predicted octanol–water partition coefficient (Wildman–Crippen LogP) is 4.82. The zero-order chi connectivity index (χ0) is 22.7. The number of hydrogen-bond acceptors (Lipinski definition) is 5. The van der Waals surface area contributed by atoms with Crippen molar-refractivity contribution in [3.8, 4) is 5.75 Å². The molecule has 0 atom stereocenters. The molecule has 0 aliphatic rings. The fourth-order valence-electron chi connectivity index (χ4n) is 3.38. The lowest BCUT2D eigenvalue weighted by atomic mass is 10.2. The zero-order valence-corrected chi connectivity index (χ0v) is 18.1. The molecule has 0 aliphatic carbocycles. The molecular weight excluding hydrogens is 411 g/mol. The van der Waals surface area contributed by atoms with E-state index in [4.69, 9.17) is 9.26 Å². The highest BCUT2D eigenvalue weighted by molar-refractivity contribution is 6.04. The van der Waals surface area contributed by atoms with Crippen LogP contribution in [0.4, 0.5) is 10.1 Å². The Bertz CT molecular complexity index is 1230. The molecule has 0 unspecified atom stereocenters. The second-order valence-electron chi connectivity index (χ2n) is 7.45. The Morgan fingerprint density at radius 1 is 1.09 bits per heavy atom. The summed E-state index contributed by atoms with van der Waals surface area (Å²) in [6, 6.07) is 15.6. The van der Waals surface area contributed by atoms with Gasteiger partial charge in [-0.15, -0.1) is 0 Å². The standard InChI is InChI=1S/C24H23FN4O3/c1-15-22(16(2)29(27-15)13-18-9-11-19(25)12-10-18)26-24(30)23-21(17(3)32-28-23)14-31-20-7-5-4-6-8-20/h4-12H,13-14H2,1-3H3,(H,26,30). The maximum Gasteiger partial charge on any atom is 0.278 e. The van der Waals surface area contributed by atoms with Crippen molar-refractivity contribution < 1.29 is 18.4 Å². The number of aryl methyl sites for hydroxylation is 2. The van der Waals surface area contributed by atoms with Crippen LogP contribution in [-0.4, -0.2) is 20.8 Å². The summed E-state index contributed by atoms with van der Waals surface area (Å²) in [7, 11) is 0.